The number of carbonyl (C=O) groups is 2. The number of nitrogens with one attached hydrogen (secondary N) is 2. The number of hydrogen-bond acceptors (Lipinski definition) is 4. The number of benzene rings is 2. The molecule has 25 heavy (non-hydrogen) atoms. The molecule has 2 amide bonds. The van der Waals surface area contributed by atoms with Gasteiger partial charge in [0, 0.05) is 12.2 Å². The summed E-state index contributed by atoms with van der Waals surface area (Å²) >= 11 is 0. The molecule has 0 bridgehead atoms. The molecule has 6 nitrogen and oxygen atoms in total. The largest absolute Gasteiger partial charge is 0.513 e. The Kier molecular flexibility index (Phi) is 6.83. The minimum Gasteiger partial charge on any atom is -0.434 e. The summed E-state index contributed by atoms with van der Waals surface area (Å²) in [6.45, 7) is 4.53. The molecule has 0 radical (unpaired) electrons. The molecule has 0 saturated carbocycles. The SMILES string of the molecule is CCOC(=O)Oc1ccc(NC(=O)NCCc2ccc(C)cc2)cc1. The molecule has 2 aromatic carbocycles. The van der Waals surface area contributed by atoms with Crippen LogP contribution in [0.25, 0.3) is 0 Å². The maximum absolute atomic E-state index is 11.9. The van der Waals surface area contributed by atoms with E-state index in [0.717, 1.165) is 6.42 Å². The van der Waals surface area contributed by atoms with E-state index >= 15 is 0 Å². The number of carbonyl (C=O) groups excluding carboxylic acids is 2. The third kappa shape index (κ3) is 6.55. The van der Waals surface area contributed by atoms with Crippen LogP contribution in [0.1, 0.15) is 18.1 Å². The molecule has 2 aromatic rings. The number of anilines is 1. The fourth-order valence-corrected chi connectivity index (χ4v) is 2.10. The molecule has 0 aliphatic carbocycles. The van der Waals surface area contributed by atoms with Crippen molar-refractivity contribution in [3.8, 4) is 5.75 Å². The van der Waals surface area contributed by atoms with E-state index < -0.39 is 6.16 Å². The third-order valence-corrected chi connectivity index (χ3v) is 3.40. The van der Waals surface area contributed by atoms with E-state index in [4.69, 9.17) is 4.74 Å². The molecule has 0 aliphatic rings. The first-order valence-corrected chi connectivity index (χ1v) is 8.12. The van der Waals surface area contributed by atoms with Crippen molar-refractivity contribution in [2.24, 2.45) is 0 Å². The predicted octanol–water partition coefficient (Wildman–Crippen LogP) is 3.89. The predicted molar refractivity (Wildman–Crippen MR) is 96.0 cm³/mol. The first kappa shape index (κ1) is 18.3. The average Bonchev–Trinajstić information content (AvgIpc) is 2.59. The van der Waals surface area contributed by atoms with Crippen molar-refractivity contribution in [2.75, 3.05) is 18.5 Å². The van der Waals surface area contributed by atoms with Crippen molar-refractivity contribution in [2.45, 2.75) is 20.3 Å². The first-order chi connectivity index (χ1) is 12.1. The van der Waals surface area contributed by atoms with E-state index in [-0.39, 0.29) is 12.6 Å². The Balaban J connectivity index is 1.74. The molecule has 6 heteroatoms. The Bertz CT molecular complexity index is 696. The maximum Gasteiger partial charge on any atom is 0.513 e. The van der Waals surface area contributed by atoms with Crippen LogP contribution in [0, 0.1) is 6.92 Å². The normalized spacial score (nSPS) is 10.0. The maximum atomic E-state index is 11.9. The van der Waals surface area contributed by atoms with Gasteiger partial charge in [0.2, 0.25) is 0 Å². The monoisotopic (exact) mass is 342 g/mol. The van der Waals surface area contributed by atoms with Crippen LogP contribution in [0.4, 0.5) is 15.3 Å². The second-order valence-electron chi connectivity index (χ2n) is 5.43. The van der Waals surface area contributed by atoms with Gasteiger partial charge in [-0.2, -0.15) is 0 Å². The molecule has 0 aromatic heterocycles. The number of aryl methyl sites for hydroxylation is 1. The second-order valence-corrected chi connectivity index (χ2v) is 5.43. The number of ether oxygens (including phenoxy) is 2. The first-order valence-electron chi connectivity index (χ1n) is 8.12. The minimum atomic E-state index is -0.753. The number of hydrogen-bond donors (Lipinski definition) is 2. The van der Waals surface area contributed by atoms with Gasteiger partial charge in [-0.05, 0) is 50.1 Å². The lowest BCUT2D eigenvalue weighted by Gasteiger charge is -2.09. The summed E-state index contributed by atoms with van der Waals surface area (Å²) in [5, 5.41) is 5.52. The summed E-state index contributed by atoms with van der Waals surface area (Å²) in [6, 6.07) is 14.4. The zero-order valence-electron chi connectivity index (χ0n) is 14.4. The molecule has 0 aliphatic heterocycles. The molecule has 0 saturated heterocycles. The summed E-state index contributed by atoms with van der Waals surface area (Å²) < 4.78 is 9.63. The fourth-order valence-electron chi connectivity index (χ4n) is 2.10. The highest BCUT2D eigenvalue weighted by Crippen LogP contribution is 2.16. The number of rotatable bonds is 6. The molecule has 2 rings (SSSR count). The standard InChI is InChI=1S/C19H22N2O4/c1-3-24-19(23)25-17-10-8-16(9-11-17)21-18(22)20-13-12-15-6-4-14(2)5-7-15/h4-11H,3,12-13H2,1-2H3,(H2,20,21,22). The van der Waals surface area contributed by atoms with Gasteiger partial charge in [-0.1, -0.05) is 29.8 Å². The van der Waals surface area contributed by atoms with Crippen molar-refractivity contribution >= 4 is 17.9 Å². The molecule has 0 atom stereocenters. The van der Waals surface area contributed by atoms with Crippen LogP contribution in [-0.4, -0.2) is 25.3 Å². The van der Waals surface area contributed by atoms with Crippen LogP contribution in [0.5, 0.6) is 5.75 Å². The Labute approximate surface area is 147 Å². The van der Waals surface area contributed by atoms with Crippen molar-refractivity contribution in [3.05, 3.63) is 59.7 Å². The summed E-state index contributed by atoms with van der Waals surface area (Å²) in [5.74, 6) is 0.351. The van der Waals surface area contributed by atoms with Gasteiger partial charge in [0.1, 0.15) is 5.75 Å². The lowest BCUT2D eigenvalue weighted by Crippen LogP contribution is -2.30. The van der Waals surface area contributed by atoms with Crippen molar-refractivity contribution in [1.29, 1.82) is 0 Å². The third-order valence-electron chi connectivity index (χ3n) is 3.40. The highest BCUT2D eigenvalue weighted by molar-refractivity contribution is 5.89. The Hall–Kier alpha value is -3.02. The van der Waals surface area contributed by atoms with Gasteiger partial charge < -0.3 is 20.1 Å². The van der Waals surface area contributed by atoms with E-state index in [9.17, 15) is 9.59 Å². The van der Waals surface area contributed by atoms with Crippen LogP contribution in [0.15, 0.2) is 48.5 Å². The zero-order chi connectivity index (χ0) is 18.1. The number of amides is 2. The van der Waals surface area contributed by atoms with Gasteiger partial charge >= 0.3 is 12.2 Å². The van der Waals surface area contributed by atoms with Crippen LogP contribution >= 0.6 is 0 Å². The molecule has 2 N–H and O–H groups in total. The molecular formula is C19H22N2O4. The number of urea groups is 1. The van der Waals surface area contributed by atoms with E-state index in [1.807, 2.05) is 6.92 Å². The van der Waals surface area contributed by atoms with Crippen LogP contribution in [0.3, 0.4) is 0 Å². The highest BCUT2D eigenvalue weighted by Gasteiger charge is 2.06. The highest BCUT2D eigenvalue weighted by atomic mass is 16.7. The Morgan fingerprint density at radius 1 is 1.00 bits per heavy atom. The lowest BCUT2D eigenvalue weighted by molar-refractivity contribution is 0.104. The van der Waals surface area contributed by atoms with Crippen LogP contribution in [-0.2, 0) is 11.2 Å². The Morgan fingerprint density at radius 2 is 1.68 bits per heavy atom. The average molecular weight is 342 g/mol. The van der Waals surface area contributed by atoms with Gasteiger partial charge in [0.25, 0.3) is 0 Å². The molecule has 132 valence electrons. The van der Waals surface area contributed by atoms with Crippen LogP contribution in [0.2, 0.25) is 0 Å². The molecule has 0 unspecified atom stereocenters. The summed E-state index contributed by atoms with van der Waals surface area (Å²) in [5.41, 5.74) is 2.99. The van der Waals surface area contributed by atoms with Crippen molar-refractivity contribution in [3.63, 3.8) is 0 Å². The molecular weight excluding hydrogens is 320 g/mol. The summed E-state index contributed by atoms with van der Waals surface area (Å²) in [4.78, 5) is 23.1. The van der Waals surface area contributed by atoms with Gasteiger partial charge in [-0.25, -0.2) is 9.59 Å². The van der Waals surface area contributed by atoms with Crippen molar-refractivity contribution < 1.29 is 19.1 Å². The van der Waals surface area contributed by atoms with Gasteiger partial charge in [-0.15, -0.1) is 0 Å². The molecule has 0 spiro atoms. The van der Waals surface area contributed by atoms with Crippen molar-refractivity contribution in [1.82, 2.24) is 5.32 Å². The molecule has 0 heterocycles. The summed E-state index contributed by atoms with van der Waals surface area (Å²) in [6.07, 6.45) is 0.0112. The Morgan fingerprint density at radius 3 is 2.32 bits per heavy atom. The topological polar surface area (TPSA) is 76.7 Å². The van der Waals surface area contributed by atoms with E-state index in [1.54, 1.807) is 31.2 Å². The van der Waals surface area contributed by atoms with E-state index in [1.165, 1.54) is 11.1 Å². The smallest absolute Gasteiger partial charge is 0.434 e. The van der Waals surface area contributed by atoms with Gasteiger partial charge in [-0.3, -0.25) is 0 Å². The van der Waals surface area contributed by atoms with E-state index in [0.29, 0.717) is 18.0 Å². The lowest BCUT2D eigenvalue weighted by atomic mass is 10.1. The quantitative estimate of drug-likeness (QED) is 0.617. The molecule has 0 fully saturated rings. The second kappa shape index (κ2) is 9.32. The van der Waals surface area contributed by atoms with Gasteiger partial charge in [0.05, 0.1) is 6.61 Å². The van der Waals surface area contributed by atoms with Crippen LogP contribution < -0.4 is 15.4 Å². The fraction of sp³-hybridized carbons (Fsp3) is 0.263. The van der Waals surface area contributed by atoms with Gasteiger partial charge in [0.15, 0.2) is 0 Å². The zero-order valence-corrected chi connectivity index (χ0v) is 14.4. The van der Waals surface area contributed by atoms with E-state index in [2.05, 4.69) is 39.6 Å². The minimum absolute atomic E-state index is 0.251. The summed E-state index contributed by atoms with van der Waals surface area (Å²) in [7, 11) is 0.